The molecule has 0 aliphatic rings. The van der Waals surface area contributed by atoms with Crippen molar-refractivity contribution >= 4 is 39.6 Å². The van der Waals surface area contributed by atoms with Crippen LogP contribution in [0.4, 0.5) is 4.79 Å². The van der Waals surface area contributed by atoms with Crippen LogP contribution in [0.5, 0.6) is 0 Å². The lowest BCUT2D eigenvalue weighted by atomic mass is 10.1. The number of amides is 1. The number of nitrogens with zero attached hydrogens (tertiary/aromatic N) is 4. The van der Waals surface area contributed by atoms with Crippen molar-refractivity contribution in [3.63, 3.8) is 0 Å². The minimum absolute atomic E-state index is 0.00384. The van der Waals surface area contributed by atoms with Gasteiger partial charge in [-0.05, 0) is 12.1 Å². The van der Waals surface area contributed by atoms with Crippen molar-refractivity contribution in [1.82, 2.24) is 19.0 Å². The van der Waals surface area contributed by atoms with Gasteiger partial charge in [0.1, 0.15) is 10.5 Å². The van der Waals surface area contributed by atoms with E-state index in [4.69, 9.17) is 11.6 Å². The van der Waals surface area contributed by atoms with Crippen molar-refractivity contribution in [2.75, 3.05) is 14.1 Å². The first kappa shape index (κ1) is 13.6. The van der Waals surface area contributed by atoms with E-state index < -0.39 is 0 Å². The molecule has 0 atom stereocenters. The molecule has 0 bridgehead atoms. The van der Waals surface area contributed by atoms with Gasteiger partial charge in [-0.2, -0.15) is 0 Å². The maximum Gasteiger partial charge on any atom is 0.328 e. The zero-order chi connectivity index (χ0) is 15.3. The van der Waals surface area contributed by atoms with Crippen molar-refractivity contribution in [1.29, 1.82) is 0 Å². The summed E-state index contributed by atoms with van der Waals surface area (Å²) >= 11 is 6.01. The zero-order valence-corrected chi connectivity index (χ0v) is 12.5. The third kappa shape index (κ3) is 1.91. The Hall–Kier alpha value is -2.34. The molecule has 1 amide bonds. The van der Waals surface area contributed by atoms with Crippen LogP contribution < -0.4 is 5.43 Å². The van der Waals surface area contributed by atoms with Crippen LogP contribution in [0.1, 0.15) is 0 Å². The van der Waals surface area contributed by atoms with Gasteiger partial charge in [0.05, 0.1) is 22.7 Å². The van der Waals surface area contributed by atoms with E-state index in [1.54, 1.807) is 26.5 Å². The molecular weight excluding hydrogens is 292 g/mol. The lowest BCUT2D eigenvalue weighted by molar-refractivity contribution is 0.220. The number of aromatic nitrogens is 3. The van der Waals surface area contributed by atoms with Gasteiger partial charge in [0.15, 0.2) is 0 Å². The van der Waals surface area contributed by atoms with E-state index >= 15 is 0 Å². The Bertz CT molecular complexity index is 939. The summed E-state index contributed by atoms with van der Waals surface area (Å²) in [5.41, 5.74) is 1.53. The van der Waals surface area contributed by atoms with Crippen molar-refractivity contribution in [3.05, 3.63) is 39.9 Å². The molecular formula is C14H13ClN4O2. The molecule has 2 aromatic heterocycles. The number of benzene rings is 1. The second-order valence-electron chi connectivity index (χ2n) is 5.04. The predicted molar refractivity (Wildman–Crippen MR) is 82.0 cm³/mol. The number of pyridine rings is 1. The van der Waals surface area contributed by atoms with Gasteiger partial charge in [0.2, 0.25) is 5.43 Å². The number of fused-ring (bicyclic) bond motifs is 3. The van der Waals surface area contributed by atoms with Crippen LogP contribution in [0.15, 0.2) is 29.5 Å². The van der Waals surface area contributed by atoms with Gasteiger partial charge in [-0.3, -0.25) is 9.36 Å². The number of halogens is 1. The SMILES string of the molecule is CN(C)C(=O)n1cc(Cl)c(=O)c2c3ncn(C)c3ccc21. The first-order valence-electron chi connectivity index (χ1n) is 6.28. The van der Waals surface area contributed by atoms with Crippen LogP contribution in [-0.4, -0.2) is 39.1 Å². The molecule has 0 unspecified atom stereocenters. The maximum absolute atomic E-state index is 12.4. The van der Waals surface area contributed by atoms with Crippen LogP contribution >= 0.6 is 11.6 Å². The van der Waals surface area contributed by atoms with Gasteiger partial charge in [0.25, 0.3) is 0 Å². The summed E-state index contributed by atoms with van der Waals surface area (Å²) in [4.78, 5) is 30.3. The molecule has 7 heteroatoms. The Morgan fingerprint density at radius 1 is 1.29 bits per heavy atom. The molecule has 0 saturated heterocycles. The highest BCUT2D eigenvalue weighted by molar-refractivity contribution is 6.31. The van der Waals surface area contributed by atoms with E-state index in [2.05, 4.69) is 4.98 Å². The molecule has 0 saturated carbocycles. The fourth-order valence-corrected chi connectivity index (χ4v) is 2.54. The molecule has 21 heavy (non-hydrogen) atoms. The molecule has 3 aromatic rings. The van der Waals surface area contributed by atoms with E-state index in [0.717, 1.165) is 5.52 Å². The van der Waals surface area contributed by atoms with Gasteiger partial charge in [-0.15, -0.1) is 0 Å². The average molecular weight is 305 g/mol. The second kappa shape index (κ2) is 4.60. The third-order valence-corrected chi connectivity index (χ3v) is 3.68. The van der Waals surface area contributed by atoms with E-state index in [-0.39, 0.29) is 16.5 Å². The smallest absolute Gasteiger partial charge is 0.328 e. The highest BCUT2D eigenvalue weighted by atomic mass is 35.5. The molecule has 0 aliphatic heterocycles. The number of imidazole rings is 1. The number of carbonyl (C=O) groups excluding carboxylic acids is 1. The van der Waals surface area contributed by atoms with Gasteiger partial charge in [-0.25, -0.2) is 9.78 Å². The van der Waals surface area contributed by atoms with Crippen molar-refractivity contribution in [3.8, 4) is 0 Å². The highest BCUT2D eigenvalue weighted by Gasteiger charge is 2.17. The van der Waals surface area contributed by atoms with Gasteiger partial charge < -0.3 is 9.47 Å². The van der Waals surface area contributed by atoms with Crippen molar-refractivity contribution < 1.29 is 4.79 Å². The van der Waals surface area contributed by atoms with Crippen LogP contribution in [0.2, 0.25) is 5.02 Å². The van der Waals surface area contributed by atoms with Crippen molar-refractivity contribution in [2.24, 2.45) is 7.05 Å². The van der Waals surface area contributed by atoms with E-state index in [1.807, 2.05) is 17.7 Å². The predicted octanol–water partition coefficient (Wildman–Crippen LogP) is 2.07. The van der Waals surface area contributed by atoms with E-state index in [9.17, 15) is 9.59 Å². The Morgan fingerprint density at radius 2 is 1.95 bits per heavy atom. The molecule has 0 spiro atoms. The molecule has 0 N–H and O–H groups in total. The average Bonchev–Trinajstić information content (AvgIpc) is 2.83. The van der Waals surface area contributed by atoms with Crippen LogP contribution in [0.3, 0.4) is 0 Å². The largest absolute Gasteiger partial charge is 0.334 e. The van der Waals surface area contributed by atoms with Crippen LogP contribution in [-0.2, 0) is 7.05 Å². The number of hydrogen-bond acceptors (Lipinski definition) is 3. The third-order valence-electron chi connectivity index (χ3n) is 3.41. The summed E-state index contributed by atoms with van der Waals surface area (Å²) in [6.07, 6.45) is 2.98. The molecule has 3 rings (SSSR count). The molecule has 1 aromatic carbocycles. The minimum Gasteiger partial charge on any atom is -0.334 e. The summed E-state index contributed by atoms with van der Waals surface area (Å²) < 4.78 is 3.18. The second-order valence-corrected chi connectivity index (χ2v) is 5.44. The normalized spacial score (nSPS) is 11.2. The molecule has 0 radical (unpaired) electrons. The molecule has 0 fully saturated rings. The van der Waals surface area contributed by atoms with Gasteiger partial charge in [-0.1, -0.05) is 11.6 Å². The molecule has 2 heterocycles. The molecule has 6 nitrogen and oxygen atoms in total. The number of aryl methyl sites for hydroxylation is 1. The molecule has 0 aliphatic carbocycles. The monoisotopic (exact) mass is 304 g/mol. The Labute approximate surface area is 125 Å². The lowest BCUT2D eigenvalue weighted by Gasteiger charge is -2.15. The first-order valence-corrected chi connectivity index (χ1v) is 6.66. The first-order chi connectivity index (χ1) is 9.91. The standard InChI is InChI=1S/C14H13ClN4O2/c1-17(2)14(21)19-6-8(15)13(20)11-9(19)4-5-10-12(11)16-7-18(10)3/h4-7H,1-3H3. The van der Waals surface area contributed by atoms with E-state index in [1.165, 1.54) is 15.7 Å². The van der Waals surface area contributed by atoms with E-state index in [0.29, 0.717) is 16.4 Å². The number of hydrogen-bond donors (Lipinski definition) is 0. The quantitative estimate of drug-likeness (QED) is 0.639. The van der Waals surface area contributed by atoms with Crippen molar-refractivity contribution in [2.45, 2.75) is 0 Å². The summed E-state index contributed by atoms with van der Waals surface area (Å²) in [7, 11) is 5.12. The summed E-state index contributed by atoms with van der Waals surface area (Å²) in [5, 5.41) is 0.353. The molecule has 108 valence electrons. The summed E-state index contributed by atoms with van der Waals surface area (Å²) in [6.45, 7) is 0. The van der Waals surface area contributed by atoms with Gasteiger partial charge in [0, 0.05) is 27.3 Å². The number of carbonyl (C=O) groups is 1. The van der Waals surface area contributed by atoms with Gasteiger partial charge >= 0.3 is 6.03 Å². The Kier molecular flexibility index (Phi) is 2.98. The van der Waals surface area contributed by atoms with Crippen LogP contribution in [0, 0.1) is 0 Å². The Balaban J connectivity index is 2.53. The lowest BCUT2D eigenvalue weighted by Crippen LogP contribution is -2.28. The highest BCUT2D eigenvalue weighted by Crippen LogP contribution is 2.23. The topological polar surface area (TPSA) is 60.1 Å². The minimum atomic E-state index is -0.321. The zero-order valence-electron chi connectivity index (χ0n) is 11.8. The summed E-state index contributed by atoms with van der Waals surface area (Å²) in [6, 6.07) is 3.29. The maximum atomic E-state index is 12.4. The number of rotatable bonds is 0. The fraction of sp³-hybridized carbons (Fsp3) is 0.214. The van der Waals surface area contributed by atoms with Crippen LogP contribution in [0.25, 0.3) is 21.9 Å². The fourth-order valence-electron chi connectivity index (χ4n) is 2.35. The summed E-state index contributed by atoms with van der Waals surface area (Å²) in [5.74, 6) is 0. The Morgan fingerprint density at radius 3 is 2.62 bits per heavy atom.